The highest BCUT2D eigenvalue weighted by molar-refractivity contribution is 6.02. The van der Waals surface area contributed by atoms with Crippen molar-refractivity contribution in [1.29, 1.82) is 0 Å². The van der Waals surface area contributed by atoms with E-state index in [0.717, 1.165) is 0 Å². The van der Waals surface area contributed by atoms with Crippen LogP contribution in [0.4, 0.5) is 0 Å². The van der Waals surface area contributed by atoms with E-state index in [4.69, 9.17) is 14.2 Å². The van der Waals surface area contributed by atoms with Gasteiger partial charge in [-0.25, -0.2) is 0 Å². The van der Waals surface area contributed by atoms with Crippen molar-refractivity contribution in [2.75, 3.05) is 27.4 Å². The molecule has 0 radical (unpaired) electrons. The van der Waals surface area contributed by atoms with Crippen LogP contribution in [0.5, 0.6) is 5.75 Å². The van der Waals surface area contributed by atoms with Crippen molar-refractivity contribution >= 4 is 5.78 Å². The number of rotatable bonds is 9. The van der Waals surface area contributed by atoms with Gasteiger partial charge in [-0.15, -0.1) is 0 Å². The van der Waals surface area contributed by atoms with Crippen molar-refractivity contribution in [1.82, 2.24) is 5.32 Å². The monoisotopic (exact) mass is 281 g/mol. The van der Waals surface area contributed by atoms with E-state index >= 15 is 0 Å². The Hall–Kier alpha value is -1.43. The molecule has 0 aromatic heterocycles. The first-order valence-electron chi connectivity index (χ1n) is 6.69. The van der Waals surface area contributed by atoms with Crippen LogP contribution in [0, 0.1) is 0 Å². The second-order valence-electron chi connectivity index (χ2n) is 4.32. The van der Waals surface area contributed by atoms with E-state index in [1.165, 1.54) is 0 Å². The fourth-order valence-electron chi connectivity index (χ4n) is 1.81. The average molecular weight is 281 g/mol. The molecular weight excluding hydrogens is 258 g/mol. The van der Waals surface area contributed by atoms with Gasteiger partial charge in [0, 0.05) is 20.8 Å². The molecule has 1 unspecified atom stereocenters. The van der Waals surface area contributed by atoms with Crippen LogP contribution in [0.25, 0.3) is 0 Å². The molecule has 5 nitrogen and oxygen atoms in total. The number of benzene rings is 1. The fourth-order valence-corrected chi connectivity index (χ4v) is 1.81. The molecule has 0 aliphatic rings. The number of para-hydroxylation sites is 1. The molecule has 0 aliphatic heterocycles. The zero-order valence-corrected chi connectivity index (χ0v) is 12.5. The van der Waals surface area contributed by atoms with Gasteiger partial charge in [-0.3, -0.25) is 4.79 Å². The second kappa shape index (κ2) is 8.68. The normalized spacial score (nSPS) is 12.4. The summed E-state index contributed by atoms with van der Waals surface area (Å²) >= 11 is 0. The van der Waals surface area contributed by atoms with Gasteiger partial charge in [0.1, 0.15) is 5.75 Å². The topological polar surface area (TPSA) is 56.8 Å². The summed E-state index contributed by atoms with van der Waals surface area (Å²) in [5.74, 6) is 0.601. The van der Waals surface area contributed by atoms with Gasteiger partial charge in [-0.1, -0.05) is 12.1 Å². The Kier molecular flexibility index (Phi) is 7.22. The van der Waals surface area contributed by atoms with Crippen molar-refractivity contribution in [3.8, 4) is 5.75 Å². The summed E-state index contributed by atoms with van der Waals surface area (Å²) in [6.45, 7) is 4.68. The van der Waals surface area contributed by atoms with E-state index < -0.39 is 0 Å². The van der Waals surface area contributed by atoms with Crippen LogP contribution < -0.4 is 10.1 Å². The Morgan fingerprint density at radius 3 is 2.50 bits per heavy atom. The molecule has 1 rings (SSSR count). The molecule has 112 valence electrons. The molecule has 0 spiro atoms. The molecule has 5 heteroatoms. The Morgan fingerprint density at radius 2 is 1.90 bits per heavy atom. The Balaban J connectivity index is 2.69. The van der Waals surface area contributed by atoms with Crippen molar-refractivity contribution in [2.24, 2.45) is 0 Å². The van der Waals surface area contributed by atoms with Gasteiger partial charge in [0.05, 0.1) is 18.2 Å². The second-order valence-corrected chi connectivity index (χ2v) is 4.32. The third kappa shape index (κ3) is 4.59. The fraction of sp³-hybridized carbons (Fsp3) is 0.533. The van der Waals surface area contributed by atoms with Crippen molar-refractivity contribution in [3.63, 3.8) is 0 Å². The molecule has 1 aromatic carbocycles. The number of carbonyl (C=O) groups excluding carboxylic acids is 1. The van der Waals surface area contributed by atoms with Crippen molar-refractivity contribution < 1.29 is 19.0 Å². The minimum absolute atomic E-state index is 0.0139. The highest BCUT2D eigenvalue weighted by atomic mass is 16.7. The Morgan fingerprint density at radius 1 is 1.25 bits per heavy atom. The molecule has 0 fully saturated rings. The number of hydrogen-bond donors (Lipinski definition) is 1. The van der Waals surface area contributed by atoms with Gasteiger partial charge >= 0.3 is 0 Å². The smallest absolute Gasteiger partial charge is 0.183 e. The predicted molar refractivity (Wildman–Crippen MR) is 77.2 cm³/mol. The molecule has 0 saturated heterocycles. The Labute approximate surface area is 120 Å². The summed E-state index contributed by atoms with van der Waals surface area (Å²) in [5.41, 5.74) is 0.584. The first kappa shape index (κ1) is 16.6. The largest absolute Gasteiger partial charge is 0.493 e. The van der Waals surface area contributed by atoms with Gasteiger partial charge in [0.15, 0.2) is 12.1 Å². The van der Waals surface area contributed by atoms with Crippen LogP contribution in [-0.2, 0) is 9.47 Å². The zero-order chi connectivity index (χ0) is 15.0. The SMILES string of the molecule is CCOc1ccccc1C(=O)C(C)NCC(OC)OC. The van der Waals surface area contributed by atoms with E-state index in [2.05, 4.69) is 5.32 Å². The van der Waals surface area contributed by atoms with E-state index in [9.17, 15) is 4.79 Å². The standard InChI is InChI=1S/C15H23NO4/c1-5-20-13-9-7-6-8-12(13)15(17)11(2)16-10-14(18-3)19-4/h6-9,11,14,16H,5,10H2,1-4H3. The quantitative estimate of drug-likeness (QED) is 0.553. The third-order valence-electron chi connectivity index (χ3n) is 2.96. The molecule has 0 aliphatic carbocycles. The van der Waals surface area contributed by atoms with Crippen molar-refractivity contribution in [2.45, 2.75) is 26.2 Å². The number of hydrogen-bond acceptors (Lipinski definition) is 5. The van der Waals surface area contributed by atoms with Crippen molar-refractivity contribution in [3.05, 3.63) is 29.8 Å². The van der Waals surface area contributed by atoms with Crippen LogP contribution in [0.15, 0.2) is 24.3 Å². The van der Waals surface area contributed by atoms with Crippen LogP contribution in [0.3, 0.4) is 0 Å². The van der Waals surface area contributed by atoms with Crippen LogP contribution in [-0.4, -0.2) is 45.5 Å². The molecule has 0 saturated carbocycles. The molecule has 1 atom stereocenters. The number of nitrogens with one attached hydrogen (secondary N) is 1. The summed E-state index contributed by atoms with van der Waals surface area (Å²) < 4.78 is 15.6. The molecular formula is C15H23NO4. The minimum atomic E-state index is -0.368. The summed E-state index contributed by atoms with van der Waals surface area (Å²) in [5, 5.41) is 3.10. The predicted octanol–water partition coefficient (Wildman–Crippen LogP) is 1.86. The van der Waals surface area contributed by atoms with Gasteiger partial charge in [-0.05, 0) is 26.0 Å². The van der Waals surface area contributed by atoms with Crippen LogP contribution in [0.1, 0.15) is 24.2 Å². The number of ketones is 1. The molecule has 20 heavy (non-hydrogen) atoms. The van der Waals surface area contributed by atoms with Crippen LogP contribution in [0.2, 0.25) is 0 Å². The summed E-state index contributed by atoms with van der Waals surface area (Å²) in [4.78, 5) is 12.4. The lowest BCUT2D eigenvalue weighted by molar-refractivity contribution is -0.0992. The van der Waals surface area contributed by atoms with Gasteiger partial charge in [0.25, 0.3) is 0 Å². The molecule has 1 aromatic rings. The molecule has 1 N–H and O–H groups in total. The zero-order valence-electron chi connectivity index (χ0n) is 12.5. The minimum Gasteiger partial charge on any atom is -0.493 e. The first-order valence-corrected chi connectivity index (χ1v) is 6.69. The highest BCUT2D eigenvalue weighted by Crippen LogP contribution is 2.19. The van der Waals surface area contributed by atoms with E-state index in [1.54, 1.807) is 26.4 Å². The maximum atomic E-state index is 12.4. The average Bonchev–Trinajstić information content (AvgIpc) is 2.48. The van der Waals surface area contributed by atoms with Gasteiger partial charge in [-0.2, -0.15) is 0 Å². The lowest BCUT2D eigenvalue weighted by Crippen LogP contribution is -2.40. The highest BCUT2D eigenvalue weighted by Gasteiger charge is 2.19. The number of methoxy groups -OCH3 is 2. The molecule has 0 amide bonds. The maximum absolute atomic E-state index is 12.4. The first-order chi connectivity index (χ1) is 9.63. The third-order valence-corrected chi connectivity index (χ3v) is 2.96. The lowest BCUT2D eigenvalue weighted by Gasteiger charge is -2.18. The molecule has 0 bridgehead atoms. The Bertz CT molecular complexity index is 418. The van der Waals surface area contributed by atoms with Gasteiger partial charge in [0.2, 0.25) is 0 Å². The summed E-state index contributed by atoms with van der Waals surface area (Å²) in [6, 6.07) is 6.91. The van der Waals surface area contributed by atoms with E-state index in [1.807, 2.05) is 26.0 Å². The lowest BCUT2D eigenvalue weighted by atomic mass is 10.0. The molecule has 0 heterocycles. The van der Waals surface area contributed by atoms with E-state index in [-0.39, 0.29) is 18.1 Å². The number of Topliss-reactive ketones (excluding diaryl/α,β-unsaturated/α-hetero) is 1. The van der Waals surface area contributed by atoms with Crippen LogP contribution >= 0.6 is 0 Å². The number of ether oxygens (including phenoxy) is 3. The van der Waals surface area contributed by atoms with Gasteiger partial charge < -0.3 is 19.5 Å². The maximum Gasteiger partial charge on any atom is 0.183 e. The summed E-state index contributed by atoms with van der Waals surface area (Å²) in [6.07, 6.45) is -0.368. The van der Waals surface area contributed by atoms with E-state index in [0.29, 0.717) is 24.5 Å². The summed E-state index contributed by atoms with van der Waals surface area (Å²) in [7, 11) is 3.12. The number of carbonyl (C=O) groups is 1.